The van der Waals surface area contributed by atoms with E-state index in [2.05, 4.69) is 4.98 Å². The van der Waals surface area contributed by atoms with E-state index in [1.165, 1.54) is 18.7 Å². The molecule has 0 aliphatic carbocycles. The number of aryl methyl sites for hydroxylation is 1. The standard InChI is InChI=1S/C19H22N4O4/c1-11(2)23-14(10-12-7-6-8-13(9-12)18(25)27-5)20-16-15(23)17(24)22(4)19(26)21(16)3/h6-9,11H,10H2,1-5H3. The minimum atomic E-state index is -0.417. The Kier molecular flexibility index (Phi) is 4.73. The summed E-state index contributed by atoms with van der Waals surface area (Å²) in [5.74, 6) is 0.241. The predicted molar refractivity (Wildman–Crippen MR) is 101 cm³/mol. The zero-order valence-corrected chi connectivity index (χ0v) is 16.0. The average Bonchev–Trinajstić information content (AvgIpc) is 3.03. The molecule has 0 fully saturated rings. The third kappa shape index (κ3) is 3.07. The van der Waals surface area contributed by atoms with Crippen molar-refractivity contribution in [1.82, 2.24) is 18.7 Å². The number of imidazole rings is 1. The number of carbonyl (C=O) groups is 1. The highest BCUT2D eigenvalue weighted by molar-refractivity contribution is 5.89. The largest absolute Gasteiger partial charge is 0.465 e. The third-order valence-electron chi connectivity index (χ3n) is 4.59. The van der Waals surface area contributed by atoms with Crippen LogP contribution in [0.5, 0.6) is 0 Å². The number of fused-ring (bicyclic) bond motifs is 1. The molecule has 0 spiro atoms. The van der Waals surface area contributed by atoms with E-state index in [9.17, 15) is 14.4 Å². The van der Waals surface area contributed by atoms with Gasteiger partial charge in [0, 0.05) is 26.6 Å². The summed E-state index contributed by atoms with van der Waals surface area (Å²) >= 11 is 0. The molecule has 0 N–H and O–H groups in total. The number of benzene rings is 1. The van der Waals surface area contributed by atoms with Gasteiger partial charge in [0.15, 0.2) is 11.2 Å². The summed E-state index contributed by atoms with van der Waals surface area (Å²) in [6.45, 7) is 3.92. The summed E-state index contributed by atoms with van der Waals surface area (Å²) in [6.07, 6.45) is 0.412. The highest BCUT2D eigenvalue weighted by Gasteiger charge is 2.21. The van der Waals surface area contributed by atoms with Gasteiger partial charge in [-0.25, -0.2) is 14.6 Å². The van der Waals surface area contributed by atoms with Crippen LogP contribution in [0.1, 0.15) is 41.6 Å². The summed E-state index contributed by atoms with van der Waals surface area (Å²) < 4.78 is 9.08. The van der Waals surface area contributed by atoms with Crippen molar-refractivity contribution in [3.8, 4) is 0 Å². The van der Waals surface area contributed by atoms with Gasteiger partial charge in [-0.3, -0.25) is 13.9 Å². The first-order valence-corrected chi connectivity index (χ1v) is 8.60. The molecule has 8 heteroatoms. The number of nitrogens with zero attached hydrogens (tertiary/aromatic N) is 4. The van der Waals surface area contributed by atoms with Gasteiger partial charge >= 0.3 is 11.7 Å². The highest BCUT2D eigenvalue weighted by Crippen LogP contribution is 2.20. The van der Waals surface area contributed by atoms with Crippen LogP contribution in [-0.4, -0.2) is 31.8 Å². The molecule has 2 heterocycles. The second-order valence-corrected chi connectivity index (χ2v) is 6.74. The van der Waals surface area contributed by atoms with Gasteiger partial charge in [0.1, 0.15) is 5.82 Å². The maximum absolute atomic E-state index is 12.7. The summed E-state index contributed by atoms with van der Waals surface area (Å²) in [5, 5.41) is 0. The Morgan fingerprint density at radius 3 is 2.52 bits per heavy atom. The van der Waals surface area contributed by atoms with Crippen molar-refractivity contribution in [3.05, 3.63) is 62.1 Å². The zero-order valence-electron chi connectivity index (χ0n) is 16.0. The van der Waals surface area contributed by atoms with E-state index < -0.39 is 11.7 Å². The minimum Gasteiger partial charge on any atom is -0.465 e. The minimum absolute atomic E-state index is 0.0287. The monoisotopic (exact) mass is 370 g/mol. The number of ether oxygens (including phenoxy) is 1. The summed E-state index contributed by atoms with van der Waals surface area (Å²) in [6, 6.07) is 7.05. The van der Waals surface area contributed by atoms with Crippen LogP contribution in [0, 0.1) is 0 Å². The topological polar surface area (TPSA) is 88.1 Å². The van der Waals surface area contributed by atoms with Crippen molar-refractivity contribution in [2.24, 2.45) is 14.1 Å². The molecule has 27 heavy (non-hydrogen) atoms. The fraction of sp³-hybridized carbons (Fsp3) is 0.368. The normalized spacial score (nSPS) is 11.3. The molecule has 0 saturated carbocycles. The molecule has 3 rings (SSSR count). The smallest absolute Gasteiger partial charge is 0.337 e. The van der Waals surface area contributed by atoms with Gasteiger partial charge in [0.2, 0.25) is 0 Å². The number of rotatable bonds is 4. The fourth-order valence-electron chi connectivity index (χ4n) is 3.25. The van der Waals surface area contributed by atoms with E-state index in [1.54, 1.807) is 25.2 Å². The lowest BCUT2D eigenvalue weighted by Gasteiger charge is -2.13. The van der Waals surface area contributed by atoms with Crippen molar-refractivity contribution >= 4 is 17.1 Å². The lowest BCUT2D eigenvalue weighted by molar-refractivity contribution is 0.0600. The maximum atomic E-state index is 12.7. The molecule has 0 saturated heterocycles. The van der Waals surface area contributed by atoms with Gasteiger partial charge in [-0.05, 0) is 31.5 Å². The van der Waals surface area contributed by atoms with Crippen LogP contribution in [0.3, 0.4) is 0 Å². The molecule has 1 aromatic carbocycles. The van der Waals surface area contributed by atoms with Gasteiger partial charge in [-0.2, -0.15) is 0 Å². The number of esters is 1. The maximum Gasteiger partial charge on any atom is 0.337 e. The second-order valence-electron chi connectivity index (χ2n) is 6.74. The molecule has 0 amide bonds. The average molecular weight is 370 g/mol. The highest BCUT2D eigenvalue weighted by atomic mass is 16.5. The molecular formula is C19H22N4O4. The van der Waals surface area contributed by atoms with Crippen molar-refractivity contribution < 1.29 is 9.53 Å². The number of methoxy groups -OCH3 is 1. The number of carbonyl (C=O) groups excluding carboxylic acids is 1. The second kappa shape index (κ2) is 6.86. The molecule has 0 aliphatic heterocycles. The fourth-order valence-corrected chi connectivity index (χ4v) is 3.25. The Bertz CT molecular complexity index is 1150. The number of hydrogen-bond donors (Lipinski definition) is 0. The van der Waals surface area contributed by atoms with Crippen LogP contribution in [-0.2, 0) is 25.3 Å². The van der Waals surface area contributed by atoms with E-state index in [4.69, 9.17) is 4.74 Å². The van der Waals surface area contributed by atoms with Gasteiger partial charge in [0.05, 0.1) is 12.7 Å². The zero-order chi connectivity index (χ0) is 19.9. The summed E-state index contributed by atoms with van der Waals surface area (Å²) in [5.41, 5.74) is 1.27. The Hall–Kier alpha value is -3.16. The predicted octanol–water partition coefficient (Wildman–Crippen LogP) is 1.39. The van der Waals surface area contributed by atoms with Gasteiger partial charge in [-0.1, -0.05) is 12.1 Å². The Balaban J connectivity index is 2.21. The molecule has 0 unspecified atom stereocenters. The molecule has 142 valence electrons. The molecule has 0 radical (unpaired) electrons. The van der Waals surface area contributed by atoms with Gasteiger partial charge < -0.3 is 9.30 Å². The van der Waals surface area contributed by atoms with E-state index in [1.807, 2.05) is 24.5 Å². The van der Waals surface area contributed by atoms with Crippen LogP contribution in [0.2, 0.25) is 0 Å². The van der Waals surface area contributed by atoms with Crippen molar-refractivity contribution in [1.29, 1.82) is 0 Å². The quantitative estimate of drug-likeness (QED) is 0.648. The molecule has 2 aromatic heterocycles. The van der Waals surface area contributed by atoms with Crippen LogP contribution in [0.15, 0.2) is 33.9 Å². The van der Waals surface area contributed by atoms with Crippen molar-refractivity contribution in [2.75, 3.05) is 7.11 Å². The summed E-state index contributed by atoms with van der Waals surface area (Å²) in [4.78, 5) is 41.3. The van der Waals surface area contributed by atoms with Crippen LogP contribution < -0.4 is 11.2 Å². The molecule has 0 atom stereocenters. The number of hydrogen-bond acceptors (Lipinski definition) is 5. The molecule has 8 nitrogen and oxygen atoms in total. The van der Waals surface area contributed by atoms with Crippen LogP contribution in [0.4, 0.5) is 0 Å². The molecule has 0 bridgehead atoms. The van der Waals surface area contributed by atoms with Gasteiger partial charge in [0.25, 0.3) is 5.56 Å². The lowest BCUT2D eigenvalue weighted by Crippen LogP contribution is -2.37. The van der Waals surface area contributed by atoms with Gasteiger partial charge in [-0.15, -0.1) is 0 Å². The Labute approximate surface area is 155 Å². The Morgan fingerprint density at radius 1 is 1.19 bits per heavy atom. The first-order chi connectivity index (χ1) is 12.8. The molecule has 3 aromatic rings. The lowest BCUT2D eigenvalue weighted by atomic mass is 10.1. The third-order valence-corrected chi connectivity index (χ3v) is 4.59. The van der Waals surface area contributed by atoms with Crippen LogP contribution >= 0.6 is 0 Å². The van der Waals surface area contributed by atoms with E-state index >= 15 is 0 Å². The number of aromatic nitrogens is 4. The molecular weight excluding hydrogens is 348 g/mol. The van der Waals surface area contributed by atoms with Crippen molar-refractivity contribution in [2.45, 2.75) is 26.3 Å². The van der Waals surface area contributed by atoms with Crippen molar-refractivity contribution in [3.63, 3.8) is 0 Å². The first-order valence-electron chi connectivity index (χ1n) is 8.60. The van der Waals surface area contributed by atoms with E-state index in [0.29, 0.717) is 29.0 Å². The van der Waals surface area contributed by atoms with E-state index in [0.717, 1.165) is 10.1 Å². The first kappa shape index (κ1) is 18.6. The summed E-state index contributed by atoms with van der Waals surface area (Å²) in [7, 11) is 4.40. The molecule has 0 aliphatic rings. The van der Waals surface area contributed by atoms with Crippen LogP contribution in [0.25, 0.3) is 11.2 Å². The Morgan fingerprint density at radius 2 is 1.89 bits per heavy atom. The SMILES string of the molecule is COC(=O)c1cccc(Cc2nc3c(c(=O)n(C)c(=O)n3C)n2C(C)C)c1. The van der Waals surface area contributed by atoms with E-state index in [-0.39, 0.29) is 11.6 Å².